The molecule has 0 aliphatic heterocycles. The van der Waals surface area contributed by atoms with Crippen LogP contribution in [0, 0.1) is 28.1 Å². The summed E-state index contributed by atoms with van der Waals surface area (Å²) in [4.78, 5) is 37.7. The standard InChI is InChI=1S/C26H34O7/c1-7-23(5)8-9-26(31)17(12-23)19(28)20(29)21-24(6,13-32-22(30)14(2)3)18(33-15(4)27)10-16-11-25(16,21)26/h7,12,14,16,18,29,31H,1,8-11,13H2,2-6H3/t16-,18+,23-,24+,25-,26+/m0/s1. The molecule has 2 N–H and O–H groups in total. The molecule has 7 nitrogen and oxygen atoms in total. The average molecular weight is 459 g/mol. The Morgan fingerprint density at radius 3 is 2.55 bits per heavy atom. The summed E-state index contributed by atoms with van der Waals surface area (Å²) in [6.45, 7) is 12.1. The third kappa shape index (κ3) is 3.15. The van der Waals surface area contributed by atoms with E-state index in [1.807, 2.05) is 6.92 Å². The van der Waals surface area contributed by atoms with Gasteiger partial charge in [-0.1, -0.05) is 32.9 Å². The minimum Gasteiger partial charge on any atom is -0.504 e. The minimum absolute atomic E-state index is 0.0672. The first-order chi connectivity index (χ1) is 15.3. The molecule has 4 rings (SSSR count). The van der Waals surface area contributed by atoms with Crippen LogP contribution in [0.2, 0.25) is 0 Å². The van der Waals surface area contributed by atoms with Crippen molar-refractivity contribution >= 4 is 17.7 Å². The fourth-order valence-corrected chi connectivity index (χ4v) is 6.46. The lowest BCUT2D eigenvalue weighted by Gasteiger charge is -2.55. The van der Waals surface area contributed by atoms with E-state index in [9.17, 15) is 24.6 Å². The number of esters is 2. The Hall–Kier alpha value is -2.41. The molecule has 0 amide bonds. The van der Waals surface area contributed by atoms with Crippen LogP contribution in [0.4, 0.5) is 0 Å². The zero-order valence-electron chi connectivity index (χ0n) is 20.1. The fraction of sp³-hybridized carbons (Fsp3) is 0.654. The van der Waals surface area contributed by atoms with Gasteiger partial charge in [-0.3, -0.25) is 14.4 Å². The first kappa shape index (κ1) is 23.7. The number of ketones is 1. The number of rotatable bonds is 5. The van der Waals surface area contributed by atoms with Crippen LogP contribution in [0.15, 0.2) is 35.6 Å². The van der Waals surface area contributed by atoms with E-state index in [-0.39, 0.29) is 24.0 Å². The van der Waals surface area contributed by atoms with Crippen LogP contribution in [0.3, 0.4) is 0 Å². The second kappa shape index (κ2) is 7.29. The number of hydrogen-bond acceptors (Lipinski definition) is 7. The predicted molar refractivity (Wildman–Crippen MR) is 120 cm³/mol. The smallest absolute Gasteiger partial charge is 0.308 e. The van der Waals surface area contributed by atoms with Crippen molar-refractivity contribution in [3.63, 3.8) is 0 Å². The second-order valence-electron chi connectivity index (χ2n) is 11.1. The van der Waals surface area contributed by atoms with Gasteiger partial charge in [-0.25, -0.2) is 0 Å². The van der Waals surface area contributed by atoms with Crippen molar-refractivity contribution in [1.29, 1.82) is 0 Å². The molecule has 33 heavy (non-hydrogen) atoms. The summed E-state index contributed by atoms with van der Waals surface area (Å²) in [5.74, 6) is -2.40. The molecular formula is C26H34O7. The van der Waals surface area contributed by atoms with Crippen LogP contribution < -0.4 is 0 Å². The molecule has 4 aliphatic carbocycles. The number of carbonyl (C=O) groups is 3. The van der Waals surface area contributed by atoms with Crippen LogP contribution in [0.5, 0.6) is 0 Å². The lowest BCUT2D eigenvalue weighted by atomic mass is 9.51. The van der Waals surface area contributed by atoms with Gasteiger partial charge in [0.15, 0.2) is 5.76 Å². The molecule has 7 heteroatoms. The molecule has 2 saturated carbocycles. The molecule has 180 valence electrons. The van der Waals surface area contributed by atoms with Gasteiger partial charge in [-0.05, 0) is 44.1 Å². The van der Waals surface area contributed by atoms with E-state index in [4.69, 9.17) is 9.47 Å². The number of Topliss-reactive ketones (excluding diaryl/α,β-unsaturated/α-hetero) is 1. The van der Waals surface area contributed by atoms with Gasteiger partial charge in [-0.15, -0.1) is 6.58 Å². The molecule has 0 aromatic heterocycles. The number of hydrogen-bond donors (Lipinski definition) is 2. The van der Waals surface area contributed by atoms with Crippen LogP contribution in [0.1, 0.15) is 60.3 Å². The summed E-state index contributed by atoms with van der Waals surface area (Å²) in [6, 6.07) is 0. The van der Waals surface area contributed by atoms with Gasteiger partial charge in [0.2, 0.25) is 5.78 Å². The number of aliphatic hydroxyl groups excluding tert-OH is 1. The quantitative estimate of drug-likeness (QED) is 0.479. The molecular weight excluding hydrogens is 424 g/mol. The highest BCUT2D eigenvalue weighted by atomic mass is 16.6. The van der Waals surface area contributed by atoms with Crippen molar-refractivity contribution in [2.75, 3.05) is 6.61 Å². The zero-order chi connectivity index (χ0) is 24.6. The summed E-state index contributed by atoms with van der Waals surface area (Å²) in [5, 5.41) is 23.4. The van der Waals surface area contributed by atoms with E-state index in [0.717, 1.165) is 0 Å². The number of aliphatic hydroxyl groups is 2. The Kier molecular flexibility index (Phi) is 5.25. The summed E-state index contributed by atoms with van der Waals surface area (Å²) in [7, 11) is 0. The van der Waals surface area contributed by atoms with Gasteiger partial charge in [0.1, 0.15) is 18.3 Å². The monoisotopic (exact) mass is 458 g/mol. The van der Waals surface area contributed by atoms with Crippen molar-refractivity contribution < 1.29 is 34.1 Å². The molecule has 4 aliphatic rings. The molecule has 0 unspecified atom stereocenters. The van der Waals surface area contributed by atoms with Gasteiger partial charge >= 0.3 is 11.9 Å². The first-order valence-corrected chi connectivity index (χ1v) is 11.7. The summed E-state index contributed by atoms with van der Waals surface area (Å²) >= 11 is 0. The molecule has 0 bridgehead atoms. The Balaban J connectivity index is 1.88. The van der Waals surface area contributed by atoms with Crippen LogP contribution in [-0.4, -0.2) is 46.2 Å². The Morgan fingerprint density at radius 2 is 1.97 bits per heavy atom. The second-order valence-corrected chi connectivity index (χ2v) is 11.1. The third-order valence-electron chi connectivity index (χ3n) is 8.47. The summed E-state index contributed by atoms with van der Waals surface area (Å²) in [5.41, 5.74) is -3.32. The van der Waals surface area contributed by atoms with Gasteiger partial charge < -0.3 is 19.7 Å². The van der Waals surface area contributed by atoms with E-state index in [0.29, 0.717) is 31.3 Å². The van der Waals surface area contributed by atoms with Gasteiger partial charge in [0, 0.05) is 23.3 Å². The number of fused-ring (bicyclic) bond motifs is 1. The normalized spacial score (nSPS) is 41.4. The number of ether oxygens (including phenoxy) is 2. The summed E-state index contributed by atoms with van der Waals surface area (Å²) in [6.07, 6.45) is 4.78. The van der Waals surface area contributed by atoms with E-state index < -0.39 is 51.4 Å². The molecule has 2 fully saturated rings. The molecule has 6 atom stereocenters. The molecule has 0 radical (unpaired) electrons. The van der Waals surface area contributed by atoms with Crippen LogP contribution in [-0.2, 0) is 23.9 Å². The molecule has 0 aromatic rings. The summed E-state index contributed by atoms with van der Waals surface area (Å²) < 4.78 is 11.2. The average Bonchev–Trinajstić information content (AvgIpc) is 3.47. The van der Waals surface area contributed by atoms with Gasteiger partial charge in [0.05, 0.1) is 11.3 Å². The largest absolute Gasteiger partial charge is 0.504 e. The van der Waals surface area contributed by atoms with Crippen molar-refractivity contribution in [3.8, 4) is 0 Å². The van der Waals surface area contributed by atoms with E-state index >= 15 is 0 Å². The van der Waals surface area contributed by atoms with Crippen molar-refractivity contribution in [2.24, 2.45) is 28.1 Å². The first-order valence-electron chi connectivity index (χ1n) is 11.7. The SMILES string of the molecule is C=C[C@]1(C)C=C2C(=O)C(O)=C3[C@](C)(COC(=O)C(C)C)[C@H](OC(C)=O)C[C@H]4C[C@@]34[C@@]2(O)CC1. The van der Waals surface area contributed by atoms with E-state index in [1.54, 1.807) is 32.9 Å². The van der Waals surface area contributed by atoms with Crippen molar-refractivity contribution in [2.45, 2.75) is 72.0 Å². The molecule has 0 aromatic carbocycles. The maximum Gasteiger partial charge on any atom is 0.308 e. The van der Waals surface area contributed by atoms with Crippen molar-refractivity contribution in [3.05, 3.63) is 35.6 Å². The lowest BCUT2D eigenvalue weighted by Crippen LogP contribution is -2.60. The Bertz CT molecular complexity index is 1010. The maximum absolute atomic E-state index is 13.5. The minimum atomic E-state index is -1.44. The van der Waals surface area contributed by atoms with Crippen molar-refractivity contribution in [1.82, 2.24) is 0 Å². The number of carbonyl (C=O) groups excluding carboxylic acids is 3. The predicted octanol–water partition coefficient (Wildman–Crippen LogP) is 3.57. The molecule has 0 saturated heterocycles. The highest BCUT2D eigenvalue weighted by Crippen LogP contribution is 2.77. The van der Waals surface area contributed by atoms with Gasteiger partial charge in [-0.2, -0.15) is 0 Å². The zero-order valence-corrected chi connectivity index (χ0v) is 20.1. The lowest BCUT2D eigenvalue weighted by molar-refractivity contribution is -0.166. The van der Waals surface area contributed by atoms with Crippen LogP contribution in [0.25, 0.3) is 0 Å². The molecule has 0 heterocycles. The van der Waals surface area contributed by atoms with E-state index in [1.165, 1.54) is 6.92 Å². The Morgan fingerprint density at radius 1 is 1.30 bits per heavy atom. The maximum atomic E-state index is 13.5. The van der Waals surface area contributed by atoms with Gasteiger partial charge in [0.25, 0.3) is 0 Å². The molecule has 1 spiro atoms. The van der Waals surface area contributed by atoms with Crippen LogP contribution >= 0.6 is 0 Å². The number of allylic oxidation sites excluding steroid dienone is 3. The third-order valence-corrected chi connectivity index (χ3v) is 8.47. The fourth-order valence-electron chi connectivity index (χ4n) is 6.46. The topological polar surface area (TPSA) is 110 Å². The Labute approximate surface area is 194 Å². The van der Waals surface area contributed by atoms with E-state index in [2.05, 4.69) is 6.58 Å². The highest BCUT2D eigenvalue weighted by Gasteiger charge is 2.79. The highest BCUT2D eigenvalue weighted by molar-refractivity contribution is 6.11.